The van der Waals surface area contributed by atoms with Gasteiger partial charge in [-0.05, 0) is 18.2 Å². The SMILES string of the molecule is C=CCNC(=O)c1cc(N)ccc1N(C)C. The first-order valence-electron chi connectivity index (χ1n) is 5.02. The number of rotatable bonds is 4. The number of amides is 1. The van der Waals surface area contributed by atoms with Crippen molar-refractivity contribution in [3.05, 3.63) is 36.4 Å². The van der Waals surface area contributed by atoms with Gasteiger partial charge in [0.25, 0.3) is 5.91 Å². The topological polar surface area (TPSA) is 58.4 Å². The van der Waals surface area contributed by atoms with Gasteiger partial charge < -0.3 is 16.0 Å². The Kier molecular flexibility index (Phi) is 3.94. The van der Waals surface area contributed by atoms with E-state index in [9.17, 15) is 4.79 Å². The van der Waals surface area contributed by atoms with Gasteiger partial charge in [0.05, 0.1) is 5.56 Å². The minimum absolute atomic E-state index is 0.143. The maximum atomic E-state index is 11.8. The van der Waals surface area contributed by atoms with E-state index in [0.717, 1.165) is 5.69 Å². The highest BCUT2D eigenvalue weighted by Gasteiger charge is 2.12. The van der Waals surface area contributed by atoms with Gasteiger partial charge in [-0.2, -0.15) is 0 Å². The van der Waals surface area contributed by atoms with Gasteiger partial charge in [-0.3, -0.25) is 4.79 Å². The van der Waals surface area contributed by atoms with Crippen molar-refractivity contribution in [2.24, 2.45) is 0 Å². The molecule has 0 aromatic heterocycles. The van der Waals surface area contributed by atoms with Crippen LogP contribution >= 0.6 is 0 Å². The smallest absolute Gasteiger partial charge is 0.253 e. The molecule has 0 saturated heterocycles. The predicted octanol–water partition coefficient (Wildman–Crippen LogP) is 1.25. The van der Waals surface area contributed by atoms with Crippen LogP contribution in [0.1, 0.15) is 10.4 Å². The van der Waals surface area contributed by atoms with Crippen molar-refractivity contribution in [1.82, 2.24) is 5.32 Å². The zero-order chi connectivity index (χ0) is 12.1. The van der Waals surface area contributed by atoms with Crippen molar-refractivity contribution < 1.29 is 4.79 Å². The Balaban J connectivity index is 3.04. The zero-order valence-electron chi connectivity index (χ0n) is 9.66. The Hall–Kier alpha value is -1.97. The molecule has 0 bridgehead atoms. The fourth-order valence-corrected chi connectivity index (χ4v) is 1.39. The highest BCUT2D eigenvalue weighted by Crippen LogP contribution is 2.21. The van der Waals surface area contributed by atoms with Crippen LogP contribution in [0.3, 0.4) is 0 Å². The van der Waals surface area contributed by atoms with Gasteiger partial charge in [-0.15, -0.1) is 6.58 Å². The van der Waals surface area contributed by atoms with E-state index >= 15 is 0 Å². The van der Waals surface area contributed by atoms with E-state index in [1.807, 2.05) is 25.1 Å². The number of nitrogens with two attached hydrogens (primary N) is 1. The van der Waals surface area contributed by atoms with Crippen molar-refractivity contribution >= 4 is 17.3 Å². The molecule has 0 spiro atoms. The summed E-state index contributed by atoms with van der Waals surface area (Å²) in [5, 5.41) is 2.73. The Bertz CT molecular complexity index is 399. The number of benzene rings is 1. The monoisotopic (exact) mass is 219 g/mol. The summed E-state index contributed by atoms with van der Waals surface area (Å²) < 4.78 is 0. The molecule has 0 saturated carbocycles. The summed E-state index contributed by atoms with van der Waals surface area (Å²) in [6.07, 6.45) is 1.64. The van der Waals surface area contributed by atoms with Gasteiger partial charge in [0.2, 0.25) is 0 Å². The third kappa shape index (κ3) is 2.76. The maximum absolute atomic E-state index is 11.8. The fourth-order valence-electron chi connectivity index (χ4n) is 1.39. The summed E-state index contributed by atoms with van der Waals surface area (Å²) in [5.74, 6) is -0.143. The van der Waals surface area contributed by atoms with Crippen LogP contribution in [-0.2, 0) is 0 Å². The third-order valence-electron chi connectivity index (χ3n) is 2.15. The van der Waals surface area contributed by atoms with E-state index in [4.69, 9.17) is 5.73 Å². The Morgan fingerprint density at radius 3 is 2.81 bits per heavy atom. The number of nitrogen functional groups attached to an aromatic ring is 1. The standard InChI is InChI=1S/C12H17N3O/c1-4-7-14-12(16)10-8-9(13)5-6-11(10)15(2)3/h4-6,8H,1,7,13H2,2-3H3,(H,14,16). The molecule has 3 N–H and O–H groups in total. The molecule has 86 valence electrons. The van der Waals surface area contributed by atoms with Crippen LogP contribution < -0.4 is 16.0 Å². The molecule has 4 heteroatoms. The molecule has 0 unspecified atom stereocenters. The number of anilines is 2. The summed E-state index contributed by atoms with van der Waals surface area (Å²) in [4.78, 5) is 13.7. The number of nitrogens with one attached hydrogen (secondary N) is 1. The minimum atomic E-state index is -0.143. The molecule has 0 fully saturated rings. The molecule has 0 aliphatic heterocycles. The normalized spacial score (nSPS) is 9.62. The lowest BCUT2D eigenvalue weighted by atomic mass is 10.1. The summed E-state index contributed by atoms with van der Waals surface area (Å²) in [6.45, 7) is 4.00. The van der Waals surface area contributed by atoms with Gasteiger partial charge >= 0.3 is 0 Å². The zero-order valence-corrected chi connectivity index (χ0v) is 9.66. The van der Waals surface area contributed by atoms with Crippen molar-refractivity contribution in [3.63, 3.8) is 0 Å². The first-order chi connectivity index (χ1) is 7.56. The fraction of sp³-hybridized carbons (Fsp3) is 0.250. The third-order valence-corrected chi connectivity index (χ3v) is 2.15. The summed E-state index contributed by atoms with van der Waals surface area (Å²) in [5.41, 5.74) is 7.67. The average molecular weight is 219 g/mol. The molecule has 4 nitrogen and oxygen atoms in total. The maximum Gasteiger partial charge on any atom is 0.253 e. The second-order valence-electron chi connectivity index (χ2n) is 3.67. The highest BCUT2D eigenvalue weighted by molar-refractivity contribution is 6.00. The molecule has 1 rings (SSSR count). The van der Waals surface area contributed by atoms with E-state index in [-0.39, 0.29) is 5.91 Å². The van der Waals surface area contributed by atoms with Gasteiger partial charge in [0.15, 0.2) is 0 Å². The van der Waals surface area contributed by atoms with Gasteiger partial charge in [-0.1, -0.05) is 6.08 Å². The summed E-state index contributed by atoms with van der Waals surface area (Å²) in [7, 11) is 3.77. The summed E-state index contributed by atoms with van der Waals surface area (Å²) in [6, 6.07) is 5.28. The van der Waals surface area contributed by atoms with Crippen molar-refractivity contribution in [2.75, 3.05) is 31.3 Å². The van der Waals surface area contributed by atoms with Crippen molar-refractivity contribution in [3.8, 4) is 0 Å². The first kappa shape index (κ1) is 12.1. The van der Waals surface area contributed by atoms with E-state index in [2.05, 4.69) is 11.9 Å². The molecule has 16 heavy (non-hydrogen) atoms. The van der Waals surface area contributed by atoms with Gasteiger partial charge in [0.1, 0.15) is 0 Å². The molecule has 1 aromatic rings. The number of nitrogens with zero attached hydrogens (tertiary/aromatic N) is 1. The summed E-state index contributed by atoms with van der Waals surface area (Å²) >= 11 is 0. The highest BCUT2D eigenvalue weighted by atomic mass is 16.1. The molecule has 1 aromatic carbocycles. The molecular formula is C12H17N3O. The quantitative estimate of drug-likeness (QED) is 0.592. The van der Waals surface area contributed by atoms with E-state index in [0.29, 0.717) is 17.8 Å². The van der Waals surface area contributed by atoms with Crippen molar-refractivity contribution in [1.29, 1.82) is 0 Å². The van der Waals surface area contributed by atoms with E-state index in [1.165, 1.54) is 0 Å². The predicted molar refractivity (Wildman–Crippen MR) is 67.7 cm³/mol. The van der Waals surface area contributed by atoms with Crippen molar-refractivity contribution in [2.45, 2.75) is 0 Å². The Morgan fingerprint density at radius 1 is 1.56 bits per heavy atom. The minimum Gasteiger partial charge on any atom is -0.399 e. The number of carbonyl (C=O) groups is 1. The molecule has 0 atom stereocenters. The van der Waals surface area contributed by atoms with Crippen LogP contribution in [0.15, 0.2) is 30.9 Å². The lowest BCUT2D eigenvalue weighted by Gasteiger charge is -2.17. The van der Waals surface area contributed by atoms with Gasteiger partial charge in [0, 0.05) is 32.0 Å². The lowest BCUT2D eigenvalue weighted by Crippen LogP contribution is -2.25. The molecule has 1 amide bonds. The molecule has 0 aliphatic rings. The lowest BCUT2D eigenvalue weighted by molar-refractivity contribution is 0.0958. The van der Waals surface area contributed by atoms with Crippen LogP contribution in [0.4, 0.5) is 11.4 Å². The van der Waals surface area contributed by atoms with E-state index in [1.54, 1.807) is 18.2 Å². The van der Waals surface area contributed by atoms with Gasteiger partial charge in [-0.25, -0.2) is 0 Å². The second kappa shape index (κ2) is 5.21. The van der Waals surface area contributed by atoms with Crippen LogP contribution in [0.2, 0.25) is 0 Å². The van der Waals surface area contributed by atoms with E-state index < -0.39 is 0 Å². The van der Waals surface area contributed by atoms with Crippen LogP contribution in [0, 0.1) is 0 Å². The average Bonchev–Trinajstić information content (AvgIpc) is 2.25. The van der Waals surface area contributed by atoms with Crippen LogP contribution in [-0.4, -0.2) is 26.5 Å². The second-order valence-corrected chi connectivity index (χ2v) is 3.67. The molecular weight excluding hydrogens is 202 g/mol. The Morgan fingerprint density at radius 2 is 2.25 bits per heavy atom. The first-order valence-corrected chi connectivity index (χ1v) is 5.02. The van der Waals surface area contributed by atoms with Crippen LogP contribution in [0.25, 0.3) is 0 Å². The molecule has 0 aliphatic carbocycles. The largest absolute Gasteiger partial charge is 0.399 e. The van der Waals surface area contributed by atoms with Crippen LogP contribution in [0.5, 0.6) is 0 Å². The number of carbonyl (C=O) groups excluding carboxylic acids is 1. The number of hydrogen-bond donors (Lipinski definition) is 2. The Labute approximate surface area is 95.7 Å². The molecule has 0 radical (unpaired) electrons. The molecule has 0 heterocycles. The number of hydrogen-bond acceptors (Lipinski definition) is 3.